The van der Waals surface area contributed by atoms with Gasteiger partial charge in [0.2, 0.25) is 0 Å². The molecule has 0 saturated heterocycles. The Balaban J connectivity index is 2.09. The van der Waals surface area contributed by atoms with Gasteiger partial charge < -0.3 is 9.84 Å². The van der Waals surface area contributed by atoms with Crippen molar-refractivity contribution in [2.24, 2.45) is 0 Å². The van der Waals surface area contributed by atoms with E-state index in [2.05, 4.69) is 25.0 Å². The highest BCUT2D eigenvalue weighted by Gasteiger charge is 2.12. The van der Waals surface area contributed by atoms with Gasteiger partial charge in [-0.05, 0) is 43.5 Å². The second kappa shape index (κ2) is 7.27. The Hall–Kier alpha value is -1.81. The summed E-state index contributed by atoms with van der Waals surface area (Å²) < 4.78 is 7.33. The fourth-order valence-electron chi connectivity index (χ4n) is 2.35. The molecule has 1 N–H and O–H groups in total. The maximum Gasteiger partial charge on any atom is 0.119 e. The first-order valence-electron chi connectivity index (χ1n) is 7.64. The SMILES string of the molecule is CCOc1ccc(C(O)Cn2nc(CC)cc2CC)cc1. The first-order valence-corrected chi connectivity index (χ1v) is 7.64. The van der Waals surface area contributed by atoms with Gasteiger partial charge in [0.1, 0.15) is 5.75 Å². The molecule has 0 amide bonds. The lowest BCUT2D eigenvalue weighted by Crippen LogP contribution is -2.12. The number of aliphatic hydroxyl groups excluding tert-OH is 1. The highest BCUT2D eigenvalue weighted by molar-refractivity contribution is 5.28. The fraction of sp³-hybridized carbons (Fsp3) is 0.471. The van der Waals surface area contributed by atoms with Gasteiger partial charge in [-0.25, -0.2) is 0 Å². The molecule has 0 aliphatic carbocycles. The Kier molecular flexibility index (Phi) is 5.39. The van der Waals surface area contributed by atoms with E-state index < -0.39 is 6.10 Å². The van der Waals surface area contributed by atoms with E-state index in [1.807, 2.05) is 35.9 Å². The second-order valence-electron chi connectivity index (χ2n) is 5.03. The molecule has 21 heavy (non-hydrogen) atoms. The molecule has 114 valence electrons. The number of hydrogen-bond donors (Lipinski definition) is 1. The van der Waals surface area contributed by atoms with Crippen molar-refractivity contribution in [3.05, 3.63) is 47.3 Å². The first-order chi connectivity index (χ1) is 10.2. The van der Waals surface area contributed by atoms with Gasteiger partial charge in [-0.15, -0.1) is 0 Å². The van der Waals surface area contributed by atoms with Crippen molar-refractivity contribution >= 4 is 0 Å². The van der Waals surface area contributed by atoms with Crippen molar-refractivity contribution in [3.8, 4) is 5.75 Å². The molecular formula is C17H24N2O2. The van der Waals surface area contributed by atoms with Crippen LogP contribution in [0.1, 0.15) is 43.8 Å². The molecule has 4 heteroatoms. The van der Waals surface area contributed by atoms with Crippen LogP contribution in [0.4, 0.5) is 0 Å². The van der Waals surface area contributed by atoms with E-state index in [9.17, 15) is 5.11 Å². The zero-order valence-electron chi connectivity index (χ0n) is 13.0. The van der Waals surface area contributed by atoms with Crippen LogP contribution in [0.3, 0.4) is 0 Å². The van der Waals surface area contributed by atoms with Gasteiger partial charge in [0.25, 0.3) is 0 Å². The lowest BCUT2D eigenvalue weighted by molar-refractivity contribution is 0.150. The largest absolute Gasteiger partial charge is 0.494 e. The third-order valence-electron chi connectivity index (χ3n) is 3.56. The van der Waals surface area contributed by atoms with Crippen molar-refractivity contribution in [3.63, 3.8) is 0 Å². The highest BCUT2D eigenvalue weighted by Crippen LogP contribution is 2.20. The predicted octanol–water partition coefficient (Wildman–Crippen LogP) is 3.14. The van der Waals surface area contributed by atoms with Crippen molar-refractivity contribution in [2.45, 2.75) is 46.3 Å². The standard InChI is InChI=1S/C17H24N2O2/c1-4-14-11-15(5-2)19(18-14)12-17(20)13-7-9-16(10-8-13)21-6-3/h7-11,17,20H,4-6,12H2,1-3H3. The second-order valence-corrected chi connectivity index (χ2v) is 5.03. The summed E-state index contributed by atoms with van der Waals surface area (Å²) in [5.74, 6) is 0.829. The lowest BCUT2D eigenvalue weighted by Gasteiger charge is -2.14. The van der Waals surface area contributed by atoms with Crippen LogP contribution in [0.15, 0.2) is 30.3 Å². The van der Waals surface area contributed by atoms with Crippen LogP contribution in [-0.4, -0.2) is 21.5 Å². The first kappa shape index (κ1) is 15.6. The average molecular weight is 288 g/mol. The molecule has 1 aromatic heterocycles. The van der Waals surface area contributed by atoms with E-state index in [0.29, 0.717) is 13.2 Å². The van der Waals surface area contributed by atoms with E-state index in [1.165, 1.54) is 0 Å². The Labute approximate surface area is 126 Å². The van der Waals surface area contributed by atoms with Crippen LogP contribution < -0.4 is 4.74 Å². The molecule has 1 aromatic carbocycles. The minimum atomic E-state index is -0.560. The molecule has 1 unspecified atom stereocenters. The third-order valence-corrected chi connectivity index (χ3v) is 3.56. The quantitative estimate of drug-likeness (QED) is 0.851. The zero-order chi connectivity index (χ0) is 15.2. The van der Waals surface area contributed by atoms with E-state index in [0.717, 1.165) is 35.5 Å². The number of aromatic nitrogens is 2. The topological polar surface area (TPSA) is 47.3 Å². The van der Waals surface area contributed by atoms with Gasteiger partial charge in [0, 0.05) is 5.69 Å². The number of hydrogen-bond acceptors (Lipinski definition) is 3. The Morgan fingerprint density at radius 3 is 2.43 bits per heavy atom. The highest BCUT2D eigenvalue weighted by atomic mass is 16.5. The smallest absolute Gasteiger partial charge is 0.119 e. The summed E-state index contributed by atoms with van der Waals surface area (Å²) in [4.78, 5) is 0. The van der Waals surface area contributed by atoms with E-state index >= 15 is 0 Å². The number of benzene rings is 1. The normalized spacial score (nSPS) is 12.4. The van der Waals surface area contributed by atoms with Crippen LogP contribution in [0, 0.1) is 0 Å². The third kappa shape index (κ3) is 3.85. The van der Waals surface area contributed by atoms with Gasteiger partial charge >= 0.3 is 0 Å². The molecule has 0 radical (unpaired) electrons. The maximum atomic E-state index is 10.4. The maximum absolute atomic E-state index is 10.4. The Morgan fingerprint density at radius 1 is 1.14 bits per heavy atom. The van der Waals surface area contributed by atoms with E-state index in [1.54, 1.807) is 0 Å². The van der Waals surface area contributed by atoms with Crippen LogP contribution in [0.5, 0.6) is 5.75 Å². The van der Waals surface area contributed by atoms with Crippen molar-refractivity contribution < 1.29 is 9.84 Å². The number of aliphatic hydroxyl groups is 1. The molecule has 0 aliphatic rings. The van der Waals surface area contributed by atoms with Crippen molar-refractivity contribution in [2.75, 3.05) is 6.61 Å². The number of rotatable bonds is 7. The molecule has 2 rings (SSSR count). The van der Waals surface area contributed by atoms with E-state index in [4.69, 9.17) is 4.74 Å². The number of nitrogens with zero attached hydrogens (tertiary/aromatic N) is 2. The number of ether oxygens (including phenoxy) is 1. The van der Waals surface area contributed by atoms with Crippen molar-refractivity contribution in [1.82, 2.24) is 9.78 Å². The molecule has 4 nitrogen and oxygen atoms in total. The predicted molar refractivity (Wildman–Crippen MR) is 83.6 cm³/mol. The summed E-state index contributed by atoms with van der Waals surface area (Å²) in [6.07, 6.45) is 1.28. The fourth-order valence-corrected chi connectivity index (χ4v) is 2.35. The molecule has 2 aromatic rings. The van der Waals surface area contributed by atoms with E-state index in [-0.39, 0.29) is 0 Å². The van der Waals surface area contributed by atoms with Crippen LogP contribution in [0.2, 0.25) is 0 Å². The van der Waals surface area contributed by atoms with Crippen LogP contribution in [-0.2, 0) is 19.4 Å². The summed E-state index contributed by atoms with van der Waals surface area (Å²) in [7, 11) is 0. The molecule has 0 spiro atoms. The summed E-state index contributed by atoms with van der Waals surface area (Å²) in [5, 5.41) is 14.9. The molecule has 0 bridgehead atoms. The van der Waals surface area contributed by atoms with Gasteiger partial charge in [-0.1, -0.05) is 26.0 Å². The minimum absolute atomic E-state index is 0.483. The van der Waals surface area contributed by atoms with Gasteiger partial charge in [-0.2, -0.15) is 5.10 Å². The Morgan fingerprint density at radius 2 is 1.86 bits per heavy atom. The minimum Gasteiger partial charge on any atom is -0.494 e. The van der Waals surface area contributed by atoms with Crippen LogP contribution in [0.25, 0.3) is 0 Å². The average Bonchev–Trinajstić information content (AvgIpc) is 2.90. The van der Waals surface area contributed by atoms with Gasteiger partial charge in [0.15, 0.2) is 0 Å². The molecule has 1 heterocycles. The molecule has 0 fully saturated rings. The summed E-state index contributed by atoms with van der Waals surface area (Å²) in [5.41, 5.74) is 3.12. The van der Waals surface area contributed by atoms with Gasteiger partial charge in [-0.3, -0.25) is 4.68 Å². The summed E-state index contributed by atoms with van der Waals surface area (Å²) in [6.45, 7) is 7.29. The zero-order valence-corrected chi connectivity index (χ0v) is 13.0. The van der Waals surface area contributed by atoms with Gasteiger partial charge in [0.05, 0.1) is 24.9 Å². The van der Waals surface area contributed by atoms with Crippen LogP contribution >= 0.6 is 0 Å². The monoisotopic (exact) mass is 288 g/mol. The summed E-state index contributed by atoms with van der Waals surface area (Å²) >= 11 is 0. The molecular weight excluding hydrogens is 264 g/mol. The molecule has 1 atom stereocenters. The number of aryl methyl sites for hydroxylation is 2. The lowest BCUT2D eigenvalue weighted by atomic mass is 10.1. The summed E-state index contributed by atoms with van der Waals surface area (Å²) in [6, 6.07) is 9.72. The Bertz CT molecular complexity index is 561. The molecule has 0 saturated carbocycles. The molecule has 0 aliphatic heterocycles. The van der Waals surface area contributed by atoms with Crippen molar-refractivity contribution in [1.29, 1.82) is 0 Å².